The molecular formula is C23H27N3O2S. The number of hydrogen-bond acceptors (Lipinski definition) is 4. The molecule has 6 heteroatoms. The highest BCUT2D eigenvalue weighted by molar-refractivity contribution is 7.99. The summed E-state index contributed by atoms with van der Waals surface area (Å²) in [6, 6.07) is 19.7. The van der Waals surface area contributed by atoms with Gasteiger partial charge in [0.2, 0.25) is 11.8 Å². The number of nitrogens with one attached hydrogen (secondary N) is 2. The van der Waals surface area contributed by atoms with E-state index in [4.69, 9.17) is 0 Å². The summed E-state index contributed by atoms with van der Waals surface area (Å²) >= 11 is 1.80. The van der Waals surface area contributed by atoms with Gasteiger partial charge >= 0.3 is 0 Å². The minimum absolute atomic E-state index is 0.00752. The van der Waals surface area contributed by atoms with Gasteiger partial charge in [-0.15, -0.1) is 11.8 Å². The molecule has 2 aromatic rings. The molecule has 2 heterocycles. The molecule has 2 N–H and O–H groups in total. The Morgan fingerprint density at radius 1 is 1.07 bits per heavy atom. The Morgan fingerprint density at radius 2 is 1.72 bits per heavy atom. The van der Waals surface area contributed by atoms with Gasteiger partial charge in [-0.25, -0.2) is 0 Å². The first-order chi connectivity index (χ1) is 14.2. The molecule has 0 unspecified atom stereocenters. The van der Waals surface area contributed by atoms with E-state index in [1.807, 2.05) is 65.6 Å². The minimum atomic E-state index is -0.328. The van der Waals surface area contributed by atoms with Gasteiger partial charge in [0.05, 0.1) is 17.8 Å². The average Bonchev–Trinajstić information content (AvgIpc) is 3.46. The van der Waals surface area contributed by atoms with Gasteiger partial charge in [0.25, 0.3) is 0 Å². The van der Waals surface area contributed by atoms with Gasteiger partial charge in [-0.3, -0.25) is 9.59 Å². The van der Waals surface area contributed by atoms with Crippen LogP contribution in [0.5, 0.6) is 0 Å². The molecule has 2 saturated heterocycles. The van der Waals surface area contributed by atoms with Crippen molar-refractivity contribution in [3.8, 4) is 0 Å². The predicted octanol–water partition coefficient (Wildman–Crippen LogP) is 2.45. The number of benzene rings is 2. The molecule has 2 aliphatic rings. The fourth-order valence-corrected chi connectivity index (χ4v) is 5.05. The smallest absolute Gasteiger partial charge is 0.240 e. The maximum atomic E-state index is 13.1. The minimum Gasteiger partial charge on any atom is -0.355 e. The lowest BCUT2D eigenvalue weighted by Gasteiger charge is -2.20. The summed E-state index contributed by atoms with van der Waals surface area (Å²) in [5, 5.41) is 6.49. The molecule has 2 amide bonds. The van der Waals surface area contributed by atoms with Crippen molar-refractivity contribution < 1.29 is 9.59 Å². The van der Waals surface area contributed by atoms with Crippen LogP contribution in [0.15, 0.2) is 60.7 Å². The molecule has 0 spiro atoms. The third kappa shape index (κ3) is 4.82. The van der Waals surface area contributed by atoms with Crippen LogP contribution in [0.1, 0.15) is 23.5 Å². The fraction of sp³-hybridized carbons (Fsp3) is 0.391. The number of rotatable bonds is 6. The van der Waals surface area contributed by atoms with Gasteiger partial charge in [0.1, 0.15) is 0 Å². The van der Waals surface area contributed by atoms with Crippen molar-refractivity contribution in [2.75, 3.05) is 31.3 Å². The van der Waals surface area contributed by atoms with Crippen molar-refractivity contribution in [2.24, 2.45) is 5.92 Å². The number of thioether (sulfide) groups is 1. The summed E-state index contributed by atoms with van der Waals surface area (Å²) in [6.45, 7) is 2.19. The van der Waals surface area contributed by atoms with Gasteiger partial charge in [-0.2, -0.15) is 0 Å². The number of carbonyl (C=O) groups excluding carboxylic acids is 2. The number of nitrogens with zero attached hydrogens (tertiary/aromatic N) is 1. The van der Waals surface area contributed by atoms with E-state index in [1.165, 1.54) is 0 Å². The lowest BCUT2D eigenvalue weighted by molar-refractivity contribution is -0.131. The monoisotopic (exact) mass is 409 g/mol. The van der Waals surface area contributed by atoms with E-state index in [-0.39, 0.29) is 29.7 Å². The second kappa shape index (κ2) is 9.46. The van der Waals surface area contributed by atoms with Crippen LogP contribution in [0.2, 0.25) is 0 Å². The Bertz CT molecular complexity index is 785. The third-order valence-electron chi connectivity index (χ3n) is 5.68. The fourth-order valence-electron chi connectivity index (χ4n) is 4.09. The quantitative estimate of drug-likeness (QED) is 0.769. The van der Waals surface area contributed by atoms with Gasteiger partial charge in [-0.1, -0.05) is 60.7 Å². The molecule has 0 radical (unpaired) electrons. The van der Waals surface area contributed by atoms with Crippen LogP contribution in [0.25, 0.3) is 0 Å². The van der Waals surface area contributed by atoms with Gasteiger partial charge in [0.15, 0.2) is 0 Å². The molecule has 0 aromatic heterocycles. The maximum absolute atomic E-state index is 13.1. The van der Waals surface area contributed by atoms with E-state index < -0.39 is 0 Å². The number of carbonyl (C=O) groups is 2. The Labute approximate surface area is 176 Å². The molecule has 0 saturated carbocycles. The summed E-state index contributed by atoms with van der Waals surface area (Å²) in [7, 11) is 0. The largest absolute Gasteiger partial charge is 0.355 e. The normalized spacial score (nSPS) is 21.5. The first kappa shape index (κ1) is 20.0. The predicted molar refractivity (Wildman–Crippen MR) is 117 cm³/mol. The maximum Gasteiger partial charge on any atom is 0.240 e. The standard InChI is InChI=1S/C23H27N3O2S/c27-22(21(18-7-3-1-4-8-18)19-9-5-2-6-10-19)25-15-17-13-20(24-14-17)23(28)26-11-12-29-16-26/h1-10,17,20-21,24H,11-16H2,(H,25,27)/t17-,20-/m0/s1. The zero-order valence-electron chi connectivity index (χ0n) is 16.4. The summed E-state index contributed by atoms with van der Waals surface area (Å²) in [5.74, 6) is 1.98. The SMILES string of the molecule is O=C(NC[C@@H]1CN[C@H](C(=O)N2CCSC2)C1)C(c1ccccc1)c1ccccc1. The van der Waals surface area contributed by atoms with Crippen LogP contribution in [0.4, 0.5) is 0 Å². The first-order valence-corrected chi connectivity index (χ1v) is 11.4. The van der Waals surface area contributed by atoms with Crippen LogP contribution < -0.4 is 10.6 Å². The highest BCUT2D eigenvalue weighted by Crippen LogP contribution is 2.25. The Hall–Kier alpha value is -2.31. The van der Waals surface area contributed by atoms with E-state index in [0.29, 0.717) is 6.54 Å². The van der Waals surface area contributed by atoms with Crippen LogP contribution in [-0.4, -0.2) is 54.0 Å². The Balaban J connectivity index is 1.37. The van der Waals surface area contributed by atoms with E-state index in [2.05, 4.69) is 10.6 Å². The van der Waals surface area contributed by atoms with Crippen LogP contribution in [-0.2, 0) is 9.59 Å². The third-order valence-corrected chi connectivity index (χ3v) is 6.64. The lowest BCUT2D eigenvalue weighted by atomic mass is 9.90. The molecule has 4 rings (SSSR count). The van der Waals surface area contributed by atoms with Crippen molar-refractivity contribution in [3.63, 3.8) is 0 Å². The molecule has 152 valence electrons. The number of amides is 2. The molecule has 29 heavy (non-hydrogen) atoms. The topological polar surface area (TPSA) is 61.4 Å². The van der Waals surface area contributed by atoms with Gasteiger partial charge in [0, 0.05) is 25.4 Å². The van der Waals surface area contributed by atoms with Gasteiger partial charge < -0.3 is 15.5 Å². The van der Waals surface area contributed by atoms with Crippen LogP contribution in [0, 0.1) is 5.92 Å². The molecule has 0 bridgehead atoms. The van der Waals surface area contributed by atoms with Crippen molar-refractivity contribution in [1.29, 1.82) is 0 Å². The van der Waals surface area contributed by atoms with Crippen LogP contribution in [0.3, 0.4) is 0 Å². The highest BCUT2D eigenvalue weighted by Gasteiger charge is 2.34. The Kier molecular flexibility index (Phi) is 6.52. The van der Waals surface area contributed by atoms with Crippen LogP contribution >= 0.6 is 11.8 Å². The van der Waals surface area contributed by atoms with Crippen molar-refractivity contribution in [3.05, 3.63) is 71.8 Å². The number of hydrogen-bond donors (Lipinski definition) is 2. The summed E-state index contributed by atoms with van der Waals surface area (Å²) in [6.07, 6.45) is 0.779. The first-order valence-electron chi connectivity index (χ1n) is 10.2. The molecule has 2 fully saturated rings. The molecule has 2 atom stereocenters. The molecule has 2 aromatic carbocycles. The average molecular weight is 410 g/mol. The zero-order valence-corrected chi connectivity index (χ0v) is 17.2. The van der Waals surface area contributed by atoms with Gasteiger partial charge in [-0.05, 0) is 23.5 Å². The summed E-state index contributed by atoms with van der Waals surface area (Å²) in [5.41, 5.74) is 1.97. The van der Waals surface area contributed by atoms with E-state index in [1.54, 1.807) is 11.8 Å². The second-order valence-corrected chi connectivity index (χ2v) is 8.78. The lowest BCUT2D eigenvalue weighted by Crippen LogP contribution is -2.42. The highest BCUT2D eigenvalue weighted by atomic mass is 32.2. The summed E-state index contributed by atoms with van der Waals surface area (Å²) in [4.78, 5) is 27.6. The van der Waals surface area contributed by atoms with Crippen molar-refractivity contribution in [2.45, 2.75) is 18.4 Å². The zero-order chi connectivity index (χ0) is 20.1. The second-order valence-electron chi connectivity index (χ2n) is 7.70. The van der Waals surface area contributed by atoms with Crippen molar-refractivity contribution >= 4 is 23.6 Å². The van der Waals surface area contributed by atoms with E-state index in [9.17, 15) is 9.59 Å². The molecular weight excluding hydrogens is 382 g/mol. The molecule has 5 nitrogen and oxygen atoms in total. The summed E-state index contributed by atoms with van der Waals surface area (Å²) < 4.78 is 0. The molecule has 2 aliphatic heterocycles. The molecule has 0 aliphatic carbocycles. The van der Waals surface area contributed by atoms with E-state index >= 15 is 0 Å². The van der Waals surface area contributed by atoms with E-state index in [0.717, 1.165) is 42.3 Å². The van der Waals surface area contributed by atoms with Crippen molar-refractivity contribution in [1.82, 2.24) is 15.5 Å². The Morgan fingerprint density at radius 3 is 2.31 bits per heavy atom.